The van der Waals surface area contributed by atoms with Crippen LogP contribution in [-0.2, 0) is 19.3 Å². The minimum Gasteiger partial charge on any atom is -0.324 e. The minimum atomic E-state index is -1.25. The number of para-hydroxylation sites is 1. The fraction of sp³-hybridized carbons (Fsp3) is 0.192. The third-order valence-electron chi connectivity index (χ3n) is 5.94. The molecule has 0 bridgehead atoms. The van der Waals surface area contributed by atoms with E-state index in [1.54, 1.807) is 29.2 Å². The second kappa shape index (κ2) is 8.49. The van der Waals surface area contributed by atoms with Crippen LogP contribution in [0, 0.1) is 13.8 Å². The van der Waals surface area contributed by atoms with E-state index in [0.717, 1.165) is 11.1 Å². The average Bonchev–Trinajstić information content (AvgIpc) is 3.24. The maximum absolute atomic E-state index is 14.0. The van der Waals surface area contributed by atoms with Gasteiger partial charge in [0, 0.05) is 22.0 Å². The van der Waals surface area contributed by atoms with Gasteiger partial charge in [-0.1, -0.05) is 41.9 Å². The summed E-state index contributed by atoms with van der Waals surface area (Å²) in [5.74, 6) is -0.613. The first-order chi connectivity index (χ1) is 16.3. The third kappa shape index (κ3) is 3.65. The van der Waals surface area contributed by atoms with E-state index in [4.69, 9.17) is 11.6 Å². The molecule has 2 aliphatic rings. The number of carbonyl (C=O) groups excluding carboxylic acids is 3. The van der Waals surface area contributed by atoms with Gasteiger partial charge in [-0.15, -0.1) is 11.8 Å². The van der Waals surface area contributed by atoms with Crippen LogP contribution in [0.5, 0.6) is 0 Å². The van der Waals surface area contributed by atoms with E-state index in [9.17, 15) is 14.4 Å². The van der Waals surface area contributed by atoms with E-state index in [1.165, 1.54) is 16.7 Å². The van der Waals surface area contributed by atoms with Crippen molar-refractivity contribution in [2.75, 3.05) is 27.4 Å². The van der Waals surface area contributed by atoms with E-state index in [-0.39, 0.29) is 30.0 Å². The summed E-state index contributed by atoms with van der Waals surface area (Å²) in [4.78, 5) is 41.9. The van der Waals surface area contributed by atoms with Gasteiger partial charge in [0.25, 0.3) is 5.91 Å². The number of thioether (sulfide) groups is 1. The molecule has 2 aliphatic heterocycles. The SMILES string of the molecule is Cc1cc(C)cc(N2C(=O)CS[C@]23C(=O)N(CC(=O)Nc2cccc(Cl)c2)c2ccccc23)c1. The molecule has 3 aromatic rings. The van der Waals surface area contributed by atoms with Crippen molar-refractivity contribution < 1.29 is 14.4 Å². The quantitative estimate of drug-likeness (QED) is 0.565. The summed E-state index contributed by atoms with van der Waals surface area (Å²) in [6, 6.07) is 20.1. The van der Waals surface area contributed by atoms with Crippen molar-refractivity contribution >= 4 is 58.1 Å². The van der Waals surface area contributed by atoms with Crippen molar-refractivity contribution in [1.82, 2.24) is 0 Å². The van der Waals surface area contributed by atoms with Crippen LogP contribution in [0.25, 0.3) is 0 Å². The molecule has 1 spiro atoms. The van der Waals surface area contributed by atoms with E-state index in [2.05, 4.69) is 5.32 Å². The molecule has 0 aliphatic carbocycles. The number of rotatable bonds is 4. The van der Waals surface area contributed by atoms with E-state index >= 15 is 0 Å². The van der Waals surface area contributed by atoms with Crippen LogP contribution >= 0.6 is 23.4 Å². The first-order valence-corrected chi connectivity index (χ1v) is 12.2. The molecule has 34 heavy (non-hydrogen) atoms. The first-order valence-electron chi connectivity index (χ1n) is 10.8. The zero-order chi connectivity index (χ0) is 24.0. The molecule has 172 valence electrons. The summed E-state index contributed by atoms with van der Waals surface area (Å²) < 4.78 is 0. The molecule has 5 rings (SSSR count). The molecule has 3 aromatic carbocycles. The Kier molecular flexibility index (Phi) is 5.62. The Morgan fingerprint density at radius 1 is 1.03 bits per heavy atom. The van der Waals surface area contributed by atoms with Crippen molar-refractivity contribution in [3.05, 3.63) is 88.4 Å². The molecular weight excluding hydrogens is 470 g/mol. The Morgan fingerprint density at radius 3 is 2.50 bits per heavy atom. The van der Waals surface area contributed by atoms with Gasteiger partial charge < -0.3 is 5.32 Å². The lowest BCUT2D eigenvalue weighted by atomic mass is 10.0. The van der Waals surface area contributed by atoms with Crippen LogP contribution in [-0.4, -0.2) is 30.0 Å². The molecule has 1 fully saturated rings. The predicted octanol–water partition coefficient (Wildman–Crippen LogP) is 4.87. The van der Waals surface area contributed by atoms with Crippen LogP contribution in [0.15, 0.2) is 66.7 Å². The number of anilines is 3. The van der Waals surface area contributed by atoms with E-state index < -0.39 is 4.87 Å². The molecule has 0 radical (unpaired) electrons. The summed E-state index contributed by atoms with van der Waals surface area (Å²) in [5, 5.41) is 3.31. The van der Waals surface area contributed by atoms with Crippen LogP contribution in [0.2, 0.25) is 5.02 Å². The lowest BCUT2D eigenvalue weighted by Gasteiger charge is -2.33. The molecular formula is C26H22ClN3O3S. The topological polar surface area (TPSA) is 69.7 Å². The van der Waals surface area contributed by atoms with Gasteiger partial charge >= 0.3 is 0 Å². The number of nitrogens with one attached hydrogen (secondary N) is 1. The van der Waals surface area contributed by atoms with Crippen LogP contribution < -0.4 is 15.1 Å². The zero-order valence-electron chi connectivity index (χ0n) is 18.7. The molecule has 0 aromatic heterocycles. The highest BCUT2D eigenvalue weighted by Crippen LogP contribution is 2.55. The highest BCUT2D eigenvalue weighted by Gasteiger charge is 2.61. The Labute approximate surface area is 206 Å². The highest BCUT2D eigenvalue weighted by molar-refractivity contribution is 8.02. The second-order valence-corrected chi connectivity index (χ2v) is 10.1. The lowest BCUT2D eigenvalue weighted by molar-refractivity contribution is -0.124. The van der Waals surface area contributed by atoms with Gasteiger partial charge in [-0.05, 0) is 61.4 Å². The first kappa shape index (κ1) is 22.5. The standard InChI is InChI=1S/C26H22ClN3O3S/c1-16-10-17(2)12-20(11-16)30-24(32)15-34-26(30)21-8-3-4-9-22(21)29(25(26)33)14-23(31)28-19-7-5-6-18(27)13-19/h3-13H,14-15H2,1-2H3,(H,28,31)/t26-/m1/s1. The average molecular weight is 492 g/mol. The maximum atomic E-state index is 14.0. The number of halogens is 1. The Bertz CT molecular complexity index is 1320. The monoisotopic (exact) mass is 491 g/mol. The summed E-state index contributed by atoms with van der Waals surface area (Å²) in [6.07, 6.45) is 0. The predicted molar refractivity (Wildman–Crippen MR) is 136 cm³/mol. The summed E-state index contributed by atoms with van der Waals surface area (Å²) >= 11 is 7.32. The number of fused-ring (bicyclic) bond motifs is 2. The largest absolute Gasteiger partial charge is 0.324 e. The fourth-order valence-electron chi connectivity index (χ4n) is 4.70. The smallest absolute Gasteiger partial charge is 0.269 e. The molecule has 1 atom stereocenters. The normalized spacial score (nSPS) is 19.1. The van der Waals surface area contributed by atoms with Gasteiger partial charge in [0.05, 0.1) is 11.4 Å². The second-order valence-electron chi connectivity index (χ2n) is 8.47. The number of amides is 3. The molecule has 0 saturated carbocycles. The summed E-state index contributed by atoms with van der Waals surface area (Å²) in [5.41, 5.74) is 4.59. The Morgan fingerprint density at radius 2 is 1.76 bits per heavy atom. The number of nitrogens with zero attached hydrogens (tertiary/aromatic N) is 2. The van der Waals surface area contributed by atoms with Crippen LogP contribution in [0.3, 0.4) is 0 Å². The van der Waals surface area contributed by atoms with E-state index in [0.29, 0.717) is 27.6 Å². The van der Waals surface area contributed by atoms with Crippen LogP contribution in [0.4, 0.5) is 17.1 Å². The molecule has 1 N–H and O–H groups in total. The molecule has 3 amide bonds. The molecule has 0 unspecified atom stereocenters. The minimum absolute atomic E-state index is 0.136. The van der Waals surface area contributed by atoms with Gasteiger partial charge in [-0.25, -0.2) is 0 Å². The maximum Gasteiger partial charge on any atom is 0.269 e. The zero-order valence-corrected chi connectivity index (χ0v) is 20.2. The number of hydrogen-bond donors (Lipinski definition) is 1. The summed E-state index contributed by atoms with van der Waals surface area (Å²) in [6.45, 7) is 3.75. The number of aryl methyl sites for hydroxylation is 2. The third-order valence-corrected chi connectivity index (χ3v) is 7.56. The van der Waals surface area contributed by atoms with Crippen molar-refractivity contribution in [3.8, 4) is 0 Å². The number of benzene rings is 3. The van der Waals surface area contributed by atoms with Crippen molar-refractivity contribution in [2.45, 2.75) is 18.7 Å². The highest BCUT2D eigenvalue weighted by atomic mass is 35.5. The van der Waals surface area contributed by atoms with Crippen molar-refractivity contribution in [3.63, 3.8) is 0 Å². The Balaban J connectivity index is 1.53. The molecule has 1 saturated heterocycles. The summed E-state index contributed by atoms with van der Waals surface area (Å²) in [7, 11) is 0. The van der Waals surface area contributed by atoms with Gasteiger partial charge in [0.1, 0.15) is 6.54 Å². The lowest BCUT2D eigenvalue weighted by Crippen LogP contribution is -2.51. The molecule has 8 heteroatoms. The number of carbonyl (C=O) groups is 3. The molecule has 6 nitrogen and oxygen atoms in total. The van der Waals surface area contributed by atoms with E-state index in [1.807, 2.05) is 56.3 Å². The Hall–Kier alpha value is -3.29. The number of hydrogen-bond acceptors (Lipinski definition) is 4. The van der Waals surface area contributed by atoms with Gasteiger partial charge in [-0.3, -0.25) is 24.2 Å². The fourth-order valence-corrected chi connectivity index (χ4v) is 6.25. The van der Waals surface area contributed by atoms with Gasteiger partial charge in [-0.2, -0.15) is 0 Å². The van der Waals surface area contributed by atoms with Gasteiger partial charge in [0.15, 0.2) is 0 Å². The van der Waals surface area contributed by atoms with Crippen molar-refractivity contribution in [1.29, 1.82) is 0 Å². The van der Waals surface area contributed by atoms with Gasteiger partial charge in [0.2, 0.25) is 16.7 Å². The van der Waals surface area contributed by atoms with Crippen LogP contribution in [0.1, 0.15) is 16.7 Å². The molecule has 2 heterocycles. The van der Waals surface area contributed by atoms with Crippen molar-refractivity contribution in [2.24, 2.45) is 0 Å².